The second-order valence-corrected chi connectivity index (χ2v) is 8.66. The lowest BCUT2D eigenvalue weighted by molar-refractivity contribution is 0.460. The molecule has 1 aromatic heterocycles. The summed E-state index contributed by atoms with van der Waals surface area (Å²) in [5.74, 6) is 1.62. The second kappa shape index (κ2) is 12.6. The van der Waals surface area contributed by atoms with Crippen LogP contribution in [-0.4, -0.2) is 40.6 Å². The molecule has 1 aromatic carbocycles. The number of hydrogen-bond donors (Lipinski definition) is 2. The Balaban J connectivity index is 0.00000341. The van der Waals surface area contributed by atoms with Gasteiger partial charge in [0.25, 0.3) is 0 Å². The van der Waals surface area contributed by atoms with E-state index in [0.717, 1.165) is 35.9 Å². The minimum atomic E-state index is -0.180. The number of aromatic nitrogens is 3. The summed E-state index contributed by atoms with van der Waals surface area (Å²) in [6.07, 6.45) is 8.93. The molecule has 1 heterocycles. The molecule has 1 aliphatic rings. The fraction of sp³-hybridized carbons (Fsp3) is 0.591. The lowest BCUT2D eigenvalue weighted by atomic mass is 10.1. The highest BCUT2D eigenvalue weighted by Gasteiger charge is 2.23. The maximum atomic E-state index is 13.9. The first-order chi connectivity index (χ1) is 14.5. The molecule has 6 nitrogen and oxygen atoms in total. The van der Waals surface area contributed by atoms with Crippen LogP contribution in [-0.2, 0) is 6.42 Å². The Morgan fingerprint density at radius 3 is 2.71 bits per heavy atom. The monoisotopic (exact) mass is 560 g/mol. The van der Waals surface area contributed by atoms with Crippen LogP contribution in [0, 0.1) is 12.7 Å². The van der Waals surface area contributed by atoms with Gasteiger partial charge in [-0.05, 0) is 56.6 Å². The van der Waals surface area contributed by atoms with Crippen molar-refractivity contribution in [3.63, 3.8) is 0 Å². The lowest BCUT2D eigenvalue weighted by Crippen LogP contribution is -2.39. The van der Waals surface area contributed by atoms with E-state index in [1.165, 1.54) is 25.7 Å². The molecule has 172 valence electrons. The van der Waals surface area contributed by atoms with Gasteiger partial charge in [0.15, 0.2) is 11.1 Å². The lowest BCUT2D eigenvalue weighted by Gasteiger charge is -2.19. The van der Waals surface area contributed by atoms with Gasteiger partial charge >= 0.3 is 0 Å². The molecule has 0 aliphatic heterocycles. The third-order valence-electron chi connectivity index (χ3n) is 5.75. The van der Waals surface area contributed by atoms with Gasteiger partial charge in [0.2, 0.25) is 0 Å². The summed E-state index contributed by atoms with van der Waals surface area (Å²) in [6.45, 7) is 4.55. The summed E-state index contributed by atoms with van der Waals surface area (Å²) in [6, 6.07) is 5.85. The first-order valence-corrected chi connectivity index (χ1v) is 12.0. The number of benzene rings is 1. The predicted octanol–water partition coefficient (Wildman–Crippen LogP) is 5.04. The van der Waals surface area contributed by atoms with Gasteiger partial charge in [-0.1, -0.05) is 36.7 Å². The van der Waals surface area contributed by atoms with Crippen LogP contribution < -0.4 is 10.6 Å². The largest absolute Gasteiger partial charge is 0.356 e. The number of thioether (sulfide) groups is 1. The minimum Gasteiger partial charge on any atom is -0.356 e. The van der Waals surface area contributed by atoms with Crippen LogP contribution in [0.2, 0.25) is 0 Å². The molecule has 1 saturated carbocycles. The number of aryl methyl sites for hydroxylation is 2. The minimum absolute atomic E-state index is 0. The van der Waals surface area contributed by atoms with Gasteiger partial charge < -0.3 is 15.2 Å². The summed E-state index contributed by atoms with van der Waals surface area (Å²) >= 11 is 1.68. The van der Waals surface area contributed by atoms with Gasteiger partial charge in [-0.3, -0.25) is 4.99 Å². The Morgan fingerprint density at radius 2 is 2.06 bits per heavy atom. The number of nitrogens with zero attached hydrogens (tertiary/aromatic N) is 4. The van der Waals surface area contributed by atoms with Crippen molar-refractivity contribution in [2.75, 3.05) is 19.8 Å². The van der Waals surface area contributed by atoms with Crippen LogP contribution in [0.15, 0.2) is 28.3 Å². The molecule has 2 aromatic rings. The first-order valence-electron chi connectivity index (χ1n) is 10.7. The third-order valence-corrected chi connectivity index (χ3v) is 6.39. The number of hydrogen-bond acceptors (Lipinski definition) is 4. The molecule has 0 radical (unpaired) electrons. The smallest absolute Gasteiger partial charge is 0.191 e. The summed E-state index contributed by atoms with van der Waals surface area (Å²) in [4.78, 5) is 4.30. The Bertz CT molecular complexity index is 866. The molecule has 1 aliphatic carbocycles. The van der Waals surface area contributed by atoms with E-state index in [-0.39, 0.29) is 35.8 Å². The van der Waals surface area contributed by atoms with Crippen molar-refractivity contribution in [1.82, 2.24) is 25.4 Å². The quantitative estimate of drug-likeness (QED) is 0.156. The number of guanidine groups is 1. The van der Waals surface area contributed by atoms with Crippen LogP contribution in [0.4, 0.5) is 4.39 Å². The van der Waals surface area contributed by atoms with E-state index in [1.807, 2.05) is 19.1 Å². The van der Waals surface area contributed by atoms with Crippen LogP contribution in [0.5, 0.6) is 0 Å². The Morgan fingerprint density at radius 1 is 1.32 bits per heavy atom. The molecule has 1 fully saturated rings. The predicted molar refractivity (Wildman–Crippen MR) is 137 cm³/mol. The van der Waals surface area contributed by atoms with Crippen molar-refractivity contribution in [2.24, 2.45) is 4.99 Å². The van der Waals surface area contributed by atoms with Crippen molar-refractivity contribution < 1.29 is 4.39 Å². The van der Waals surface area contributed by atoms with Crippen molar-refractivity contribution >= 4 is 41.7 Å². The molecule has 1 unspecified atom stereocenters. The van der Waals surface area contributed by atoms with Gasteiger partial charge in [-0.25, -0.2) is 4.39 Å². The van der Waals surface area contributed by atoms with Crippen LogP contribution in [0.3, 0.4) is 0 Å². The number of aliphatic imine (C=N–C) groups is 1. The normalized spacial score (nSPS) is 15.6. The van der Waals surface area contributed by atoms with E-state index in [2.05, 4.69) is 36.6 Å². The molecule has 2 N–H and O–H groups in total. The van der Waals surface area contributed by atoms with E-state index < -0.39 is 0 Å². The van der Waals surface area contributed by atoms with E-state index in [0.29, 0.717) is 17.6 Å². The van der Waals surface area contributed by atoms with E-state index in [1.54, 1.807) is 31.8 Å². The number of halogens is 2. The molecule has 31 heavy (non-hydrogen) atoms. The zero-order valence-corrected chi connectivity index (χ0v) is 22.0. The zero-order chi connectivity index (χ0) is 21.5. The van der Waals surface area contributed by atoms with Gasteiger partial charge in [0.05, 0.1) is 6.04 Å². The highest BCUT2D eigenvalue weighted by Crippen LogP contribution is 2.33. The zero-order valence-electron chi connectivity index (χ0n) is 18.8. The van der Waals surface area contributed by atoms with Crippen molar-refractivity contribution in [1.29, 1.82) is 0 Å². The summed E-state index contributed by atoms with van der Waals surface area (Å²) < 4.78 is 16.2. The maximum absolute atomic E-state index is 13.9. The fourth-order valence-electron chi connectivity index (χ4n) is 3.96. The molecule has 0 bridgehead atoms. The maximum Gasteiger partial charge on any atom is 0.191 e. The van der Waals surface area contributed by atoms with Crippen LogP contribution in [0.1, 0.15) is 68.1 Å². The van der Waals surface area contributed by atoms with E-state index >= 15 is 0 Å². The molecular weight excluding hydrogens is 526 g/mol. The van der Waals surface area contributed by atoms with Crippen LogP contribution in [0.25, 0.3) is 0 Å². The highest BCUT2D eigenvalue weighted by atomic mass is 127. The standard InChI is InChI=1S/C22H33FN6S.HI/c1-15-11-12-17(14-19(15)23)16(2)26-21(24-3)25-13-7-10-20-27-28-22(30-4)29(20)18-8-5-6-9-18;/h11-12,14,16,18H,5-10,13H2,1-4H3,(H2,24,25,26);1H. The van der Waals surface area contributed by atoms with Gasteiger partial charge in [0, 0.05) is 26.1 Å². The number of rotatable bonds is 8. The molecule has 0 spiro atoms. The van der Waals surface area contributed by atoms with Gasteiger partial charge in [0.1, 0.15) is 11.6 Å². The average molecular weight is 561 g/mol. The summed E-state index contributed by atoms with van der Waals surface area (Å²) in [7, 11) is 1.75. The van der Waals surface area contributed by atoms with Crippen LogP contribution >= 0.6 is 35.7 Å². The van der Waals surface area contributed by atoms with E-state index in [4.69, 9.17) is 0 Å². The van der Waals surface area contributed by atoms with Gasteiger partial charge in [-0.2, -0.15) is 0 Å². The Kier molecular flexibility index (Phi) is 10.5. The third kappa shape index (κ3) is 6.81. The van der Waals surface area contributed by atoms with Crippen molar-refractivity contribution in [3.05, 3.63) is 41.0 Å². The van der Waals surface area contributed by atoms with Crippen molar-refractivity contribution in [3.8, 4) is 0 Å². The van der Waals surface area contributed by atoms with Crippen molar-refractivity contribution in [2.45, 2.75) is 69.6 Å². The Hall–Kier alpha value is -1.36. The highest BCUT2D eigenvalue weighted by molar-refractivity contribution is 14.0. The number of nitrogens with one attached hydrogen (secondary N) is 2. The Labute approximate surface area is 206 Å². The van der Waals surface area contributed by atoms with Gasteiger partial charge in [-0.15, -0.1) is 34.2 Å². The summed E-state index contributed by atoms with van der Waals surface area (Å²) in [5.41, 5.74) is 1.55. The SMILES string of the molecule is CN=C(NCCCc1nnc(SC)n1C1CCCC1)NC(C)c1ccc(C)c(F)c1.I. The molecule has 0 saturated heterocycles. The molecule has 0 amide bonds. The molecule has 9 heteroatoms. The first kappa shape index (κ1) is 25.9. The summed E-state index contributed by atoms with van der Waals surface area (Å²) in [5, 5.41) is 16.6. The average Bonchev–Trinajstić information content (AvgIpc) is 3.41. The molecule has 3 rings (SSSR count). The second-order valence-electron chi connectivity index (χ2n) is 7.89. The molecular formula is C22H34FIN6S. The van der Waals surface area contributed by atoms with E-state index in [9.17, 15) is 4.39 Å². The topological polar surface area (TPSA) is 67.1 Å². The fourth-order valence-corrected chi connectivity index (χ4v) is 4.53. The molecule has 1 atom stereocenters.